The largest absolute Gasteiger partial charge is 0.496 e. The van der Waals surface area contributed by atoms with E-state index in [-0.39, 0.29) is 11.4 Å². The van der Waals surface area contributed by atoms with E-state index < -0.39 is 0 Å². The Morgan fingerprint density at radius 2 is 2.11 bits per heavy atom. The molecule has 0 aliphatic heterocycles. The number of nitrogens with zero attached hydrogens (tertiary/aromatic N) is 1. The molecule has 0 aromatic heterocycles. The van der Waals surface area contributed by atoms with Crippen LogP contribution < -0.4 is 15.4 Å². The second-order valence-electron chi connectivity index (χ2n) is 5.26. The van der Waals surface area contributed by atoms with Gasteiger partial charge in [0, 0.05) is 24.7 Å². The Bertz CT molecular complexity index is 455. The van der Waals surface area contributed by atoms with Gasteiger partial charge in [0.15, 0.2) is 0 Å². The summed E-state index contributed by atoms with van der Waals surface area (Å²) in [6.45, 7) is 3.84. The molecule has 0 saturated heterocycles. The van der Waals surface area contributed by atoms with E-state index in [4.69, 9.17) is 10.5 Å². The Morgan fingerprint density at radius 3 is 2.58 bits per heavy atom. The first-order chi connectivity index (χ1) is 8.74. The SMILES string of the molecule is COc1ccc(N(C)C(=O)CCC(C)(C)N)cc1Br. The highest BCUT2D eigenvalue weighted by Gasteiger charge is 2.17. The van der Waals surface area contributed by atoms with E-state index >= 15 is 0 Å². The Hall–Kier alpha value is -1.07. The zero-order valence-electron chi connectivity index (χ0n) is 11.9. The van der Waals surface area contributed by atoms with Crippen LogP contribution >= 0.6 is 15.9 Å². The molecule has 106 valence electrons. The van der Waals surface area contributed by atoms with E-state index in [1.165, 1.54) is 0 Å². The first kappa shape index (κ1) is 16.0. The lowest BCUT2D eigenvalue weighted by atomic mass is 10.00. The average molecular weight is 329 g/mol. The molecule has 0 atom stereocenters. The molecule has 19 heavy (non-hydrogen) atoms. The number of ether oxygens (including phenoxy) is 1. The molecule has 1 aromatic rings. The molecule has 0 aliphatic rings. The number of benzene rings is 1. The van der Waals surface area contributed by atoms with Crippen LogP contribution in [0.1, 0.15) is 26.7 Å². The zero-order valence-corrected chi connectivity index (χ0v) is 13.5. The molecule has 5 heteroatoms. The van der Waals surface area contributed by atoms with Gasteiger partial charge in [-0.3, -0.25) is 4.79 Å². The van der Waals surface area contributed by atoms with E-state index in [2.05, 4.69) is 15.9 Å². The summed E-state index contributed by atoms with van der Waals surface area (Å²) in [7, 11) is 3.37. The van der Waals surface area contributed by atoms with Crippen molar-refractivity contribution in [2.45, 2.75) is 32.2 Å². The highest BCUT2D eigenvalue weighted by molar-refractivity contribution is 9.10. The van der Waals surface area contributed by atoms with Gasteiger partial charge in [0.25, 0.3) is 0 Å². The maximum Gasteiger partial charge on any atom is 0.226 e. The number of carbonyl (C=O) groups excluding carboxylic acids is 1. The van der Waals surface area contributed by atoms with E-state index in [1.54, 1.807) is 19.1 Å². The molecule has 0 aliphatic carbocycles. The summed E-state index contributed by atoms with van der Waals surface area (Å²) in [5.74, 6) is 0.795. The van der Waals surface area contributed by atoms with Crippen LogP contribution in [-0.4, -0.2) is 25.6 Å². The number of anilines is 1. The van der Waals surface area contributed by atoms with Crippen molar-refractivity contribution in [3.63, 3.8) is 0 Å². The summed E-state index contributed by atoms with van der Waals surface area (Å²) in [5, 5.41) is 0. The number of amides is 1. The summed E-state index contributed by atoms with van der Waals surface area (Å²) in [6, 6.07) is 5.55. The predicted octanol–water partition coefficient (Wildman–Crippen LogP) is 2.94. The fourth-order valence-corrected chi connectivity index (χ4v) is 2.13. The van der Waals surface area contributed by atoms with Crippen molar-refractivity contribution in [1.82, 2.24) is 0 Å². The van der Waals surface area contributed by atoms with Crippen molar-refractivity contribution in [3.8, 4) is 5.75 Å². The van der Waals surface area contributed by atoms with Gasteiger partial charge in [-0.05, 0) is 54.4 Å². The van der Waals surface area contributed by atoms with Gasteiger partial charge in [-0.1, -0.05) is 0 Å². The van der Waals surface area contributed by atoms with Crippen LogP contribution in [0.15, 0.2) is 22.7 Å². The summed E-state index contributed by atoms with van der Waals surface area (Å²) in [5.41, 5.74) is 6.39. The third kappa shape index (κ3) is 4.84. The summed E-state index contributed by atoms with van der Waals surface area (Å²) >= 11 is 3.41. The number of carbonyl (C=O) groups is 1. The lowest BCUT2D eigenvalue weighted by molar-refractivity contribution is -0.118. The van der Waals surface area contributed by atoms with Crippen molar-refractivity contribution < 1.29 is 9.53 Å². The average Bonchev–Trinajstić information content (AvgIpc) is 2.34. The van der Waals surface area contributed by atoms with Gasteiger partial charge in [-0.15, -0.1) is 0 Å². The van der Waals surface area contributed by atoms with E-state index in [9.17, 15) is 4.79 Å². The molecule has 1 amide bonds. The Kier molecular flexibility index (Phi) is 5.38. The molecule has 2 N–H and O–H groups in total. The molecule has 0 fully saturated rings. The third-order valence-electron chi connectivity index (χ3n) is 2.88. The molecular formula is C14H21BrN2O2. The third-order valence-corrected chi connectivity index (χ3v) is 3.50. The molecule has 0 radical (unpaired) electrons. The number of rotatable bonds is 5. The standard InChI is InChI=1S/C14H21BrN2O2/c1-14(2,16)8-7-13(18)17(3)10-5-6-12(19-4)11(15)9-10/h5-6,9H,7-8,16H2,1-4H3. The van der Waals surface area contributed by atoms with Crippen molar-refractivity contribution in [3.05, 3.63) is 22.7 Å². The second kappa shape index (κ2) is 6.39. The number of hydrogen-bond acceptors (Lipinski definition) is 3. The minimum absolute atomic E-state index is 0.0515. The smallest absolute Gasteiger partial charge is 0.226 e. The summed E-state index contributed by atoms with van der Waals surface area (Å²) < 4.78 is 5.99. The molecule has 0 saturated carbocycles. The number of hydrogen-bond donors (Lipinski definition) is 1. The van der Waals surface area contributed by atoms with Gasteiger partial charge in [0.05, 0.1) is 11.6 Å². The van der Waals surface area contributed by atoms with Crippen molar-refractivity contribution in [2.75, 3.05) is 19.1 Å². The van der Waals surface area contributed by atoms with Gasteiger partial charge in [-0.25, -0.2) is 0 Å². The molecule has 4 nitrogen and oxygen atoms in total. The Morgan fingerprint density at radius 1 is 1.47 bits per heavy atom. The Balaban J connectivity index is 2.74. The lowest BCUT2D eigenvalue weighted by Gasteiger charge is -2.22. The van der Waals surface area contributed by atoms with Gasteiger partial charge in [-0.2, -0.15) is 0 Å². The molecule has 0 bridgehead atoms. The Labute approximate surface area is 123 Å². The summed E-state index contributed by atoms with van der Waals surface area (Å²) in [4.78, 5) is 13.7. The van der Waals surface area contributed by atoms with Crippen LogP contribution in [0.5, 0.6) is 5.75 Å². The molecule has 0 spiro atoms. The van der Waals surface area contributed by atoms with E-state index in [0.29, 0.717) is 12.8 Å². The first-order valence-corrected chi connectivity index (χ1v) is 6.93. The van der Waals surface area contributed by atoms with E-state index in [0.717, 1.165) is 15.9 Å². The number of methoxy groups -OCH3 is 1. The summed E-state index contributed by atoms with van der Waals surface area (Å²) in [6.07, 6.45) is 1.09. The molecular weight excluding hydrogens is 308 g/mol. The quantitative estimate of drug-likeness (QED) is 0.904. The van der Waals surface area contributed by atoms with Gasteiger partial charge >= 0.3 is 0 Å². The van der Waals surface area contributed by atoms with Gasteiger partial charge in [0.1, 0.15) is 5.75 Å². The van der Waals surface area contributed by atoms with Gasteiger partial charge in [0.2, 0.25) is 5.91 Å². The van der Waals surface area contributed by atoms with Crippen LogP contribution in [0.2, 0.25) is 0 Å². The number of halogens is 1. The van der Waals surface area contributed by atoms with Crippen molar-refractivity contribution in [2.24, 2.45) is 5.73 Å². The van der Waals surface area contributed by atoms with Crippen molar-refractivity contribution >= 4 is 27.5 Å². The van der Waals surface area contributed by atoms with E-state index in [1.807, 2.05) is 32.0 Å². The minimum Gasteiger partial charge on any atom is -0.496 e. The predicted molar refractivity (Wildman–Crippen MR) is 81.6 cm³/mol. The normalized spacial score (nSPS) is 11.3. The molecule has 1 aromatic carbocycles. The fourth-order valence-electron chi connectivity index (χ4n) is 1.60. The van der Waals surface area contributed by atoms with Crippen LogP contribution in [0.3, 0.4) is 0 Å². The monoisotopic (exact) mass is 328 g/mol. The molecule has 0 unspecified atom stereocenters. The van der Waals surface area contributed by atoms with Crippen molar-refractivity contribution in [1.29, 1.82) is 0 Å². The first-order valence-electron chi connectivity index (χ1n) is 6.13. The minimum atomic E-state index is -0.322. The van der Waals surface area contributed by atoms with Gasteiger partial charge < -0.3 is 15.4 Å². The molecule has 1 rings (SSSR count). The maximum atomic E-state index is 12.1. The second-order valence-corrected chi connectivity index (χ2v) is 6.11. The highest BCUT2D eigenvalue weighted by Crippen LogP contribution is 2.29. The topological polar surface area (TPSA) is 55.6 Å². The zero-order chi connectivity index (χ0) is 14.6. The molecule has 0 heterocycles. The lowest BCUT2D eigenvalue weighted by Crippen LogP contribution is -2.35. The van der Waals surface area contributed by atoms with Crippen LogP contribution in [0.4, 0.5) is 5.69 Å². The van der Waals surface area contributed by atoms with Crippen LogP contribution in [0.25, 0.3) is 0 Å². The van der Waals surface area contributed by atoms with Crippen LogP contribution in [0, 0.1) is 0 Å². The van der Waals surface area contributed by atoms with Crippen LogP contribution in [-0.2, 0) is 4.79 Å². The number of nitrogens with two attached hydrogens (primary N) is 1. The highest BCUT2D eigenvalue weighted by atomic mass is 79.9. The fraction of sp³-hybridized carbons (Fsp3) is 0.500. The maximum absolute atomic E-state index is 12.1.